The second-order valence-electron chi connectivity index (χ2n) is 4.28. The summed E-state index contributed by atoms with van der Waals surface area (Å²) in [6.07, 6.45) is -3.40. The monoisotopic (exact) mass is 245 g/mol. The molecule has 2 atom stereocenters. The van der Waals surface area contributed by atoms with Gasteiger partial charge in [0, 0.05) is 12.1 Å². The minimum atomic E-state index is -4.29. The number of hydrogen-bond donors (Lipinski definition) is 1. The maximum Gasteiger partial charge on any atom is 0.416 e. The maximum atomic E-state index is 12.8. The molecule has 0 saturated carbocycles. The number of nitrogens with one attached hydrogen (secondary N) is 1. The lowest BCUT2D eigenvalue weighted by molar-refractivity contribution is -0.138. The second kappa shape index (κ2) is 5.54. The van der Waals surface area contributed by atoms with Crippen molar-refractivity contribution in [3.8, 4) is 0 Å². The van der Waals surface area contributed by atoms with Crippen LogP contribution in [0.15, 0.2) is 24.3 Å². The lowest BCUT2D eigenvalue weighted by Gasteiger charge is -2.22. The molecule has 1 nitrogen and oxygen atoms in total. The summed E-state index contributed by atoms with van der Waals surface area (Å²) < 4.78 is 38.4. The maximum absolute atomic E-state index is 12.8. The van der Waals surface area contributed by atoms with Gasteiger partial charge in [-0.2, -0.15) is 13.2 Å². The third-order valence-corrected chi connectivity index (χ3v) is 2.88. The molecule has 17 heavy (non-hydrogen) atoms. The number of hydrogen-bond acceptors (Lipinski definition) is 1. The van der Waals surface area contributed by atoms with Gasteiger partial charge < -0.3 is 5.32 Å². The molecule has 0 bridgehead atoms. The zero-order chi connectivity index (χ0) is 13.1. The Balaban J connectivity index is 2.97. The van der Waals surface area contributed by atoms with Gasteiger partial charge in [0.1, 0.15) is 0 Å². The van der Waals surface area contributed by atoms with Crippen molar-refractivity contribution in [3.63, 3.8) is 0 Å². The van der Waals surface area contributed by atoms with Crippen LogP contribution in [0.5, 0.6) is 0 Å². The number of rotatable bonds is 4. The SMILES string of the molecule is CCC(C)NC(C)c1ccccc1C(F)(F)F. The van der Waals surface area contributed by atoms with E-state index in [0.717, 1.165) is 12.5 Å². The van der Waals surface area contributed by atoms with Gasteiger partial charge in [-0.05, 0) is 31.9 Å². The molecular formula is C13H18F3N. The van der Waals surface area contributed by atoms with Crippen LogP contribution in [0, 0.1) is 0 Å². The summed E-state index contributed by atoms with van der Waals surface area (Å²) in [7, 11) is 0. The Bertz CT molecular complexity index is 360. The average molecular weight is 245 g/mol. The molecular weight excluding hydrogens is 227 g/mol. The van der Waals surface area contributed by atoms with Gasteiger partial charge >= 0.3 is 6.18 Å². The van der Waals surface area contributed by atoms with Gasteiger partial charge in [-0.3, -0.25) is 0 Å². The fourth-order valence-electron chi connectivity index (χ4n) is 1.77. The number of halogens is 3. The molecule has 1 rings (SSSR count). The second-order valence-corrected chi connectivity index (χ2v) is 4.28. The van der Waals surface area contributed by atoms with E-state index in [9.17, 15) is 13.2 Å². The van der Waals surface area contributed by atoms with Gasteiger partial charge in [0.15, 0.2) is 0 Å². The van der Waals surface area contributed by atoms with Crippen LogP contribution in [0.25, 0.3) is 0 Å². The molecule has 0 aliphatic heterocycles. The highest BCUT2D eigenvalue weighted by Crippen LogP contribution is 2.34. The van der Waals surface area contributed by atoms with Gasteiger partial charge in [-0.1, -0.05) is 25.1 Å². The molecule has 0 radical (unpaired) electrons. The highest BCUT2D eigenvalue weighted by Gasteiger charge is 2.34. The first kappa shape index (κ1) is 14.0. The molecule has 1 aromatic carbocycles. The summed E-state index contributed by atoms with van der Waals surface area (Å²) in [5.74, 6) is 0. The topological polar surface area (TPSA) is 12.0 Å². The van der Waals surface area contributed by atoms with E-state index in [1.807, 2.05) is 13.8 Å². The van der Waals surface area contributed by atoms with Gasteiger partial charge in [-0.25, -0.2) is 0 Å². The van der Waals surface area contributed by atoms with Gasteiger partial charge in [0.05, 0.1) is 5.56 Å². The van der Waals surface area contributed by atoms with Crippen LogP contribution < -0.4 is 5.32 Å². The molecule has 0 aromatic heterocycles. The molecule has 4 heteroatoms. The standard InChI is InChI=1S/C13H18F3N/c1-4-9(2)17-10(3)11-7-5-6-8-12(11)13(14,15)16/h5-10,17H,4H2,1-3H3. The molecule has 0 spiro atoms. The van der Waals surface area contributed by atoms with Crippen LogP contribution in [0.1, 0.15) is 44.4 Å². The molecule has 0 saturated heterocycles. The smallest absolute Gasteiger partial charge is 0.308 e. The molecule has 0 aliphatic carbocycles. The predicted molar refractivity (Wildman–Crippen MR) is 62.7 cm³/mol. The van der Waals surface area contributed by atoms with E-state index in [-0.39, 0.29) is 12.1 Å². The van der Waals surface area contributed by atoms with E-state index < -0.39 is 11.7 Å². The van der Waals surface area contributed by atoms with Crippen molar-refractivity contribution in [2.24, 2.45) is 0 Å². The summed E-state index contributed by atoms with van der Waals surface area (Å²) in [6.45, 7) is 5.73. The molecule has 1 aromatic rings. The van der Waals surface area contributed by atoms with Crippen molar-refractivity contribution in [3.05, 3.63) is 35.4 Å². The number of benzene rings is 1. The highest BCUT2D eigenvalue weighted by molar-refractivity contribution is 5.32. The molecule has 0 amide bonds. The first-order chi connectivity index (χ1) is 7.86. The Hall–Kier alpha value is -1.03. The largest absolute Gasteiger partial charge is 0.416 e. The quantitative estimate of drug-likeness (QED) is 0.840. The van der Waals surface area contributed by atoms with Crippen molar-refractivity contribution < 1.29 is 13.2 Å². The fourth-order valence-corrected chi connectivity index (χ4v) is 1.77. The molecule has 0 fully saturated rings. The Labute approximate surface area is 100 Å². The van der Waals surface area contributed by atoms with Crippen LogP contribution in [0.4, 0.5) is 13.2 Å². The van der Waals surface area contributed by atoms with E-state index in [1.165, 1.54) is 12.1 Å². The molecule has 0 heterocycles. The minimum absolute atomic E-state index is 0.200. The third kappa shape index (κ3) is 3.73. The summed E-state index contributed by atoms with van der Waals surface area (Å²) in [5, 5.41) is 3.16. The lowest BCUT2D eigenvalue weighted by atomic mass is 10.00. The van der Waals surface area contributed by atoms with E-state index in [4.69, 9.17) is 0 Å². The van der Waals surface area contributed by atoms with E-state index >= 15 is 0 Å². The van der Waals surface area contributed by atoms with Crippen molar-refractivity contribution in [1.29, 1.82) is 0 Å². The van der Waals surface area contributed by atoms with Crippen LogP contribution in [-0.2, 0) is 6.18 Å². The van der Waals surface area contributed by atoms with Gasteiger partial charge in [0.2, 0.25) is 0 Å². The van der Waals surface area contributed by atoms with Gasteiger partial charge in [0.25, 0.3) is 0 Å². The Morgan fingerprint density at radius 1 is 1.18 bits per heavy atom. The summed E-state index contributed by atoms with van der Waals surface area (Å²) in [4.78, 5) is 0. The highest BCUT2D eigenvalue weighted by atomic mass is 19.4. The fraction of sp³-hybridized carbons (Fsp3) is 0.538. The summed E-state index contributed by atoms with van der Waals surface area (Å²) in [5.41, 5.74) is -0.247. The molecule has 1 N–H and O–H groups in total. The van der Waals surface area contributed by atoms with E-state index in [1.54, 1.807) is 13.0 Å². The van der Waals surface area contributed by atoms with Crippen LogP contribution >= 0.6 is 0 Å². The van der Waals surface area contributed by atoms with Crippen molar-refractivity contribution in [1.82, 2.24) is 5.32 Å². The zero-order valence-corrected chi connectivity index (χ0v) is 10.3. The first-order valence-electron chi connectivity index (χ1n) is 5.78. The molecule has 2 unspecified atom stereocenters. The molecule has 0 aliphatic rings. The van der Waals surface area contributed by atoms with Crippen molar-refractivity contribution in [2.75, 3.05) is 0 Å². The summed E-state index contributed by atoms with van der Waals surface area (Å²) in [6, 6.07) is 5.61. The van der Waals surface area contributed by atoms with Crippen LogP contribution in [-0.4, -0.2) is 6.04 Å². The van der Waals surface area contributed by atoms with Gasteiger partial charge in [-0.15, -0.1) is 0 Å². The van der Waals surface area contributed by atoms with Crippen molar-refractivity contribution in [2.45, 2.75) is 45.5 Å². The Morgan fingerprint density at radius 3 is 2.29 bits per heavy atom. The normalized spacial score (nSPS) is 15.6. The van der Waals surface area contributed by atoms with E-state index in [2.05, 4.69) is 5.32 Å². The van der Waals surface area contributed by atoms with Crippen molar-refractivity contribution >= 4 is 0 Å². The predicted octanol–water partition coefficient (Wildman–Crippen LogP) is 4.15. The lowest BCUT2D eigenvalue weighted by Crippen LogP contribution is -2.29. The molecule has 96 valence electrons. The number of alkyl halides is 3. The van der Waals surface area contributed by atoms with Crippen LogP contribution in [0.2, 0.25) is 0 Å². The summed E-state index contributed by atoms with van der Waals surface area (Å²) >= 11 is 0. The average Bonchev–Trinajstić information content (AvgIpc) is 2.27. The third-order valence-electron chi connectivity index (χ3n) is 2.88. The van der Waals surface area contributed by atoms with E-state index in [0.29, 0.717) is 5.56 Å². The van der Waals surface area contributed by atoms with Crippen LogP contribution in [0.3, 0.4) is 0 Å². The minimum Gasteiger partial charge on any atom is -0.308 e. The Morgan fingerprint density at radius 2 is 1.76 bits per heavy atom. The Kier molecular flexibility index (Phi) is 4.57. The first-order valence-corrected chi connectivity index (χ1v) is 5.78. The zero-order valence-electron chi connectivity index (χ0n) is 10.3.